The first-order valence-corrected chi connectivity index (χ1v) is 9.54. The first kappa shape index (κ1) is 14.9. The highest BCUT2D eigenvalue weighted by molar-refractivity contribution is 7.91. The van der Waals surface area contributed by atoms with Gasteiger partial charge in [-0.05, 0) is 56.5 Å². The maximum Gasteiger partial charge on any atom is 0.178 e. The van der Waals surface area contributed by atoms with Crippen molar-refractivity contribution < 1.29 is 8.42 Å². The molecule has 0 radical (unpaired) electrons. The summed E-state index contributed by atoms with van der Waals surface area (Å²) in [6, 6.07) is 7.49. The van der Waals surface area contributed by atoms with E-state index in [2.05, 4.69) is 10.2 Å². The van der Waals surface area contributed by atoms with E-state index >= 15 is 0 Å². The minimum absolute atomic E-state index is 0.157. The van der Waals surface area contributed by atoms with Crippen LogP contribution in [0.15, 0.2) is 29.2 Å². The molecule has 1 aromatic carbocycles. The zero-order valence-corrected chi connectivity index (χ0v) is 13.5. The lowest BCUT2D eigenvalue weighted by Gasteiger charge is -2.51. The fourth-order valence-electron chi connectivity index (χ4n) is 3.52. The highest BCUT2D eigenvalue weighted by Crippen LogP contribution is 2.43. The Balaban J connectivity index is 1.88. The normalized spacial score (nSPS) is 21.9. The smallest absolute Gasteiger partial charge is 0.178 e. The van der Waals surface area contributed by atoms with Crippen LogP contribution in [-0.4, -0.2) is 39.3 Å². The van der Waals surface area contributed by atoms with Crippen LogP contribution in [0.1, 0.15) is 32.6 Å². The van der Waals surface area contributed by atoms with E-state index in [0.29, 0.717) is 10.4 Å². The van der Waals surface area contributed by atoms with Crippen molar-refractivity contribution in [2.75, 3.05) is 30.3 Å². The predicted octanol–water partition coefficient (Wildman–Crippen LogP) is 2.20. The Bertz CT molecular complexity index is 591. The molecule has 116 valence electrons. The highest BCUT2D eigenvalue weighted by atomic mass is 32.2. The molecule has 1 N–H and O–H groups in total. The molecule has 0 atom stereocenters. The summed E-state index contributed by atoms with van der Waals surface area (Å²) < 4.78 is 23.8. The van der Waals surface area contributed by atoms with Crippen LogP contribution in [0.2, 0.25) is 0 Å². The van der Waals surface area contributed by atoms with Crippen LogP contribution in [0.3, 0.4) is 0 Å². The van der Waals surface area contributed by atoms with E-state index in [0.717, 1.165) is 25.3 Å². The van der Waals surface area contributed by atoms with Gasteiger partial charge in [0.25, 0.3) is 0 Å². The van der Waals surface area contributed by atoms with Crippen molar-refractivity contribution in [3.05, 3.63) is 24.3 Å². The van der Waals surface area contributed by atoms with Crippen molar-refractivity contribution in [1.82, 2.24) is 5.32 Å². The fraction of sp³-hybridized carbons (Fsp3) is 0.625. The van der Waals surface area contributed by atoms with Crippen LogP contribution in [0.4, 0.5) is 5.69 Å². The molecular weight excluding hydrogens is 284 g/mol. The van der Waals surface area contributed by atoms with Gasteiger partial charge < -0.3 is 10.2 Å². The third-order valence-corrected chi connectivity index (χ3v) is 6.77. The predicted molar refractivity (Wildman–Crippen MR) is 85.6 cm³/mol. The van der Waals surface area contributed by atoms with E-state index < -0.39 is 9.84 Å². The molecule has 1 aliphatic heterocycles. The molecule has 1 saturated carbocycles. The molecule has 0 unspecified atom stereocenters. The summed E-state index contributed by atoms with van der Waals surface area (Å²) in [5, 5.41) is 3.48. The van der Waals surface area contributed by atoms with Gasteiger partial charge in [0, 0.05) is 24.3 Å². The van der Waals surface area contributed by atoms with Gasteiger partial charge in [0.15, 0.2) is 9.84 Å². The van der Waals surface area contributed by atoms with Gasteiger partial charge >= 0.3 is 0 Å². The summed E-state index contributed by atoms with van der Waals surface area (Å²) in [5.41, 5.74) is 1.46. The van der Waals surface area contributed by atoms with Gasteiger partial charge in [-0.3, -0.25) is 0 Å². The zero-order chi connectivity index (χ0) is 14.9. The molecule has 0 amide bonds. The maximum absolute atomic E-state index is 11.9. The Morgan fingerprint density at radius 3 is 2.43 bits per heavy atom. The summed E-state index contributed by atoms with van der Waals surface area (Å²) in [6.45, 7) is 4.77. The number of nitrogens with zero attached hydrogens (tertiary/aromatic N) is 1. The number of sulfone groups is 1. The topological polar surface area (TPSA) is 49.4 Å². The Hall–Kier alpha value is -1.07. The number of benzene rings is 1. The number of hydrogen-bond donors (Lipinski definition) is 1. The number of anilines is 1. The average Bonchev–Trinajstić information content (AvgIpc) is 2.69. The highest BCUT2D eigenvalue weighted by Gasteiger charge is 2.42. The Labute approximate surface area is 127 Å². The molecule has 1 spiro atoms. The molecule has 4 nitrogen and oxygen atoms in total. The van der Waals surface area contributed by atoms with E-state index in [-0.39, 0.29) is 5.75 Å². The minimum Gasteiger partial charge on any atom is -0.365 e. The summed E-state index contributed by atoms with van der Waals surface area (Å²) in [7, 11) is -3.10. The van der Waals surface area contributed by atoms with Crippen LogP contribution in [0, 0.1) is 0 Å². The van der Waals surface area contributed by atoms with Crippen molar-refractivity contribution in [3.8, 4) is 0 Å². The molecule has 3 rings (SSSR count). The number of rotatable bonds is 3. The van der Waals surface area contributed by atoms with E-state index in [1.165, 1.54) is 25.7 Å². The van der Waals surface area contributed by atoms with Gasteiger partial charge in [-0.15, -0.1) is 0 Å². The van der Waals surface area contributed by atoms with Gasteiger partial charge in [0.1, 0.15) is 0 Å². The molecule has 2 aliphatic rings. The second kappa shape index (κ2) is 5.61. The molecule has 21 heavy (non-hydrogen) atoms. The average molecular weight is 308 g/mol. The first-order valence-electron chi connectivity index (χ1n) is 7.89. The van der Waals surface area contributed by atoms with E-state index in [9.17, 15) is 8.42 Å². The zero-order valence-electron chi connectivity index (χ0n) is 12.6. The lowest BCUT2D eigenvalue weighted by Crippen LogP contribution is -2.54. The molecule has 1 aliphatic carbocycles. The van der Waals surface area contributed by atoms with Crippen LogP contribution in [0.5, 0.6) is 0 Å². The quantitative estimate of drug-likeness (QED) is 0.930. The second-order valence-electron chi connectivity index (χ2n) is 6.13. The molecule has 1 saturated heterocycles. The van der Waals surface area contributed by atoms with Crippen molar-refractivity contribution in [2.45, 2.75) is 43.0 Å². The van der Waals surface area contributed by atoms with E-state index in [4.69, 9.17) is 0 Å². The van der Waals surface area contributed by atoms with Gasteiger partial charge in [0.2, 0.25) is 0 Å². The van der Waals surface area contributed by atoms with Crippen molar-refractivity contribution in [2.24, 2.45) is 0 Å². The molecule has 5 heteroatoms. The van der Waals surface area contributed by atoms with E-state index in [1.54, 1.807) is 19.1 Å². The van der Waals surface area contributed by atoms with Crippen LogP contribution < -0.4 is 10.2 Å². The van der Waals surface area contributed by atoms with Crippen LogP contribution in [-0.2, 0) is 9.84 Å². The van der Waals surface area contributed by atoms with Crippen LogP contribution in [0.25, 0.3) is 0 Å². The number of nitrogens with one attached hydrogen (secondary N) is 1. The maximum atomic E-state index is 11.9. The molecule has 1 heterocycles. The van der Waals surface area contributed by atoms with Gasteiger partial charge in [0.05, 0.1) is 10.6 Å². The summed E-state index contributed by atoms with van der Waals surface area (Å²) in [5.74, 6) is 0.157. The SMILES string of the molecule is CCS(=O)(=O)c1ccc(N2CCNCCC23CCC3)cc1. The Kier molecular flexibility index (Phi) is 3.97. The fourth-order valence-corrected chi connectivity index (χ4v) is 4.40. The Morgan fingerprint density at radius 1 is 1.14 bits per heavy atom. The molecule has 1 aromatic rings. The largest absolute Gasteiger partial charge is 0.365 e. The molecule has 2 fully saturated rings. The minimum atomic E-state index is -3.10. The number of hydrogen-bond acceptors (Lipinski definition) is 4. The van der Waals surface area contributed by atoms with Gasteiger partial charge in [-0.25, -0.2) is 8.42 Å². The van der Waals surface area contributed by atoms with Gasteiger partial charge in [-0.2, -0.15) is 0 Å². The molecular formula is C16H24N2O2S. The van der Waals surface area contributed by atoms with Gasteiger partial charge in [-0.1, -0.05) is 6.92 Å². The third kappa shape index (κ3) is 2.69. The monoisotopic (exact) mass is 308 g/mol. The molecule has 0 bridgehead atoms. The summed E-state index contributed by atoms with van der Waals surface area (Å²) in [4.78, 5) is 2.93. The summed E-state index contributed by atoms with van der Waals surface area (Å²) in [6.07, 6.45) is 4.99. The summed E-state index contributed by atoms with van der Waals surface area (Å²) >= 11 is 0. The van der Waals surface area contributed by atoms with E-state index in [1.807, 2.05) is 12.1 Å². The van der Waals surface area contributed by atoms with Crippen molar-refractivity contribution >= 4 is 15.5 Å². The van der Waals surface area contributed by atoms with Crippen molar-refractivity contribution in [1.29, 1.82) is 0 Å². The van der Waals surface area contributed by atoms with Crippen LogP contribution >= 0.6 is 0 Å². The second-order valence-corrected chi connectivity index (χ2v) is 8.41. The Morgan fingerprint density at radius 2 is 1.86 bits per heavy atom. The lowest BCUT2D eigenvalue weighted by atomic mass is 9.73. The third-order valence-electron chi connectivity index (χ3n) is 5.02. The first-order chi connectivity index (χ1) is 10.1. The standard InChI is InChI=1S/C16H24N2O2S/c1-2-21(19,20)15-6-4-14(5-7-15)18-13-12-17-11-10-16(18)8-3-9-16/h4-7,17H,2-3,8-13H2,1H3. The molecule has 0 aromatic heterocycles. The lowest BCUT2D eigenvalue weighted by molar-refractivity contribution is 0.222. The van der Waals surface area contributed by atoms with Crippen molar-refractivity contribution in [3.63, 3.8) is 0 Å².